The van der Waals surface area contributed by atoms with Crippen molar-refractivity contribution < 1.29 is 13.5 Å². The smallest absolute Gasteiger partial charge is 0.387 e. The molecule has 0 saturated heterocycles. The van der Waals surface area contributed by atoms with Crippen molar-refractivity contribution in [2.75, 3.05) is 5.32 Å². The van der Waals surface area contributed by atoms with Gasteiger partial charge in [-0.15, -0.1) is 0 Å². The Kier molecular flexibility index (Phi) is 5.89. The molecule has 0 spiro atoms. The molecular weight excluding hydrogens is 434 g/mol. The number of alkyl halides is 2. The Bertz CT molecular complexity index is 640. The summed E-state index contributed by atoms with van der Waals surface area (Å²) in [6, 6.07) is 10.0. The van der Waals surface area contributed by atoms with Gasteiger partial charge in [0.25, 0.3) is 0 Å². The van der Waals surface area contributed by atoms with Crippen LogP contribution >= 0.6 is 45.8 Å². The summed E-state index contributed by atoms with van der Waals surface area (Å²) in [6.45, 7) is -2.62. The number of hydrogen-bond donors (Lipinski definition) is 1. The highest BCUT2D eigenvalue weighted by molar-refractivity contribution is 14.1. The van der Waals surface area contributed by atoms with E-state index in [1.165, 1.54) is 12.1 Å². The van der Waals surface area contributed by atoms with Crippen molar-refractivity contribution >= 4 is 51.5 Å². The molecule has 0 heterocycles. The molecule has 2 nitrogen and oxygen atoms in total. The number of halogens is 5. The third-order valence-electron chi connectivity index (χ3n) is 2.64. The van der Waals surface area contributed by atoms with Crippen molar-refractivity contribution in [1.82, 2.24) is 0 Å². The predicted molar refractivity (Wildman–Crippen MR) is 89.6 cm³/mol. The summed E-state index contributed by atoms with van der Waals surface area (Å²) in [5, 5.41) is 4.08. The number of anilines is 1. The molecule has 0 aliphatic carbocycles. The first-order valence-corrected chi connectivity index (χ1v) is 7.71. The summed E-state index contributed by atoms with van der Waals surface area (Å²) >= 11 is 14.1. The maximum absolute atomic E-state index is 12.4. The molecule has 0 radical (unpaired) electrons. The van der Waals surface area contributed by atoms with Gasteiger partial charge in [-0.2, -0.15) is 8.78 Å². The van der Waals surface area contributed by atoms with E-state index in [1.807, 2.05) is 12.1 Å². The minimum Gasteiger partial charge on any atom is -0.434 e. The zero-order valence-electron chi connectivity index (χ0n) is 10.5. The van der Waals surface area contributed by atoms with Crippen LogP contribution in [-0.2, 0) is 6.54 Å². The van der Waals surface area contributed by atoms with Crippen LogP contribution in [0.4, 0.5) is 14.5 Å². The molecule has 0 aliphatic heterocycles. The van der Waals surface area contributed by atoms with Crippen molar-refractivity contribution in [3.63, 3.8) is 0 Å². The minimum atomic E-state index is -2.88. The highest BCUT2D eigenvalue weighted by Gasteiger charge is 2.11. The Hall–Kier alpha value is -0.790. The zero-order valence-corrected chi connectivity index (χ0v) is 14.2. The van der Waals surface area contributed by atoms with Gasteiger partial charge in [-0.25, -0.2) is 0 Å². The first-order chi connectivity index (χ1) is 9.95. The normalized spacial score (nSPS) is 10.8. The van der Waals surface area contributed by atoms with Crippen molar-refractivity contribution in [1.29, 1.82) is 0 Å². The molecule has 21 heavy (non-hydrogen) atoms. The molecule has 0 bridgehead atoms. The lowest BCUT2D eigenvalue weighted by atomic mass is 10.2. The average molecular weight is 444 g/mol. The second-order valence-electron chi connectivity index (χ2n) is 4.11. The molecule has 0 fully saturated rings. The van der Waals surface area contributed by atoms with E-state index in [1.54, 1.807) is 12.1 Å². The maximum atomic E-state index is 12.4. The Morgan fingerprint density at radius 3 is 2.57 bits per heavy atom. The summed E-state index contributed by atoms with van der Waals surface area (Å²) in [6.07, 6.45) is 0. The number of ether oxygens (including phenoxy) is 1. The van der Waals surface area contributed by atoms with E-state index in [0.29, 0.717) is 21.3 Å². The number of hydrogen-bond acceptors (Lipinski definition) is 2. The number of benzene rings is 2. The highest BCUT2D eigenvalue weighted by Crippen LogP contribution is 2.28. The summed E-state index contributed by atoms with van der Waals surface area (Å²) in [5.41, 5.74) is 1.23. The Morgan fingerprint density at radius 2 is 1.90 bits per heavy atom. The van der Waals surface area contributed by atoms with Crippen LogP contribution < -0.4 is 10.1 Å². The molecule has 0 amide bonds. The summed E-state index contributed by atoms with van der Waals surface area (Å²) < 4.78 is 30.2. The molecule has 2 aromatic rings. The van der Waals surface area contributed by atoms with Gasteiger partial charge in [-0.1, -0.05) is 23.2 Å². The fourth-order valence-electron chi connectivity index (χ4n) is 1.72. The van der Waals surface area contributed by atoms with Crippen LogP contribution in [0.15, 0.2) is 36.4 Å². The van der Waals surface area contributed by atoms with E-state index in [-0.39, 0.29) is 12.3 Å². The third kappa shape index (κ3) is 4.86. The molecule has 0 atom stereocenters. The zero-order chi connectivity index (χ0) is 15.4. The van der Waals surface area contributed by atoms with Gasteiger partial charge >= 0.3 is 6.61 Å². The van der Waals surface area contributed by atoms with E-state index in [9.17, 15) is 8.78 Å². The van der Waals surface area contributed by atoms with E-state index in [0.717, 1.165) is 3.57 Å². The van der Waals surface area contributed by atoms with Crippen molar-refractivity contribution in [3.8, 4) is 5.75 Å². The van der Waals surface area contributed by atoms with Crippen molar-refractivity contribution in [3.05, 3.63) is 55.6 Å². The highest BCUT2D eigenvalue weighted by atomic mass is 127. The molecule has 0 aliphatic rings. The van der Waals surface area contributed by atoms with Gasteiger partial charge in [0.1, 0.15) is 5.75 Å². The minimum absolute atomic E-state index is 0.0866. The fraction of sp³-hybridized carbons (Fsp3) is 0.143. The fourth-order valence-corrected chi connectivity index (χ4v) is 2.84. The number of rotatable bonds is 5. The summed E-state index contributed by atoms with van der Waals surface area (Å²) in [4.78, 5) is 0. The SMILES string of the molecule is FC(F)Oc1ccc(Cl)cc1CNc1ccc(I)cc1Cl. The van der Waals surface area contributed by atoms with Crippen LogP contribution in [-0.4, -0.2) is 6.61 Å². The van der Waals surface area contributed by atoms with Crippen LogP contribution in [0.5, 0.6) is 5.75 Å². The van der Waals surface area contributed by atoms with Gasteiger partial charge in [0.15, 0.2) is 0 Å². The largest absolute Gasteiger partial charge is 0.434 e. The van der Waals surface area contributed by atoms with Gasteiger partial charge in [-0.3, -0.25) is 0 Å². The second-order valence-corrected chi connectivity index (χ2v) is 6.20. The van der Waals surface area contributed by atoms with Crippen LogP contribution in [0.2, 0.25) is 10.0 Å². The van der Waals surface area contributed by atoms with E-state index in [2.05, 4.69) is 32.6 Å². The Labute approximate surface area is 144 Å². The van der Waals surface area contributed by atoms with Crippen LogP contribution in [0.1, 0.15) is 5.56 Å². The second kappa shape index (κ2) is 7.47. The first-order valence-electron chi connectivity index (χ1n) is 5.88. The molecule has 2 aromatic carbocycles. The van der Waals surface area contributed by atoms with Gasteiger partial charge in [-0.05, 0) is 59.0 Å². The molecule has 7 heteroatoms. The Morgan fingerprint density at radius 1 is 1.14 bits per heavy atom. The lowest BCUT2D eigenvalue weighted by molar-refractivity contribution is -0.0504. The lowest BCUT2D eigenvalue weighted by Crippen LogP contribution is -2.07. The van der Waals surface area contributed by atoms with Crippen LogP contribution in [0.3, 0.4) is 0 Å². The van der Waals surface area contributed by atoms with Gasteiger partial charge in [0.05, 0.1) is 10.7 Å². The van der Waals surface area contributed by atoms with Gasteiger partial charge < -0.3 is 10.1 Å². The summed E-state index contributed by atoms with van der Waals surface area (Å²) in [7, 11) is 0. The van der Waals surface area contributed by atoms with E-state index in [4.69, 9.17) is 23.2 Å². The predicted octanol–water partition coefficient (Wildman–Crippen LogP) is 5.81. The topological polar surface area (TPSA) is 21.3 Å². The third-order valence-corrected chi connectivity index (χ3v) is 3.86. The standard InChI is InChI=1S/C14H10Cl2F2INO/c15-9-1-4-13(21-14(17)18)8(5-9)7-20-12-3-2-10(19)6-11(12)16/h1-6,14,20H,7H2. The van der Waals surface area contributed by atoms with Crippen LogP contribution in [0.25, 0.3) is 0 Å². The van der Waals surface area contributed by atoms with Gasteiger partial charge in [0.2, 0.25) is 0 Å². The molecule has 2 rings (SSSR count). The van der Waals surface area contributed by atoms with Crippen molar-refractivity contribution in [2.24, 2.45) is 0 Å². The van der Waals surface area contributed by atoms with E-state index >= 15 is 0 Å². The molecular formula is C14H10Cl2F2INO. The quantitative estimate of drug-likeness (QED) is 0.588. The maximum Gasteiger partial charge on any atom is 0.387 e. The van der Waals surface area contributed by atoms with Crippen molar-refractivity contribution in [2.45, 2.75) is 13.2 Å². The summed E-state index contributed by atoms with van der Waals surface area (Å²) in [5.74, 6) is 0.0866. The number of nitrogens with one attached hydrogen (secondary N) is 1. The van der Waals surface area contributed by atoms with Crippen LogP contribution in [0, 0.1) is 3.57 Å². The molecule has 1 N–H and O–H groups in total. The lowest BCUT2D eigenvalue weighted by Gasteiger charge is -2.13. The molecule has 0 unspecified atom stereocenters. The van der Waals surface area contributed by atoms with Gasteiger partial charge in [0, 0.05) is 20.7 Å². The monoisotopic (exact) mass is 443 g/mol. The van der Waals surface area contributed by atoms with E-state index < -0.39 is 6.61 Å². The molecule has 0 saturated carbocycles. The first kappa shape index (κ1) is 16.6. The molecule has 112 valence electrons. The molecule has 0 aromatic heterocycles. The average Bonchev–Trinajstić information content (AvgIpc) is 2.40. The Balaban J connectivity index is 2.16.